The minimum Gasteiger partial charge on any atom is -0.381 e. The lowest BCUT2D eigenvalue weighted by molar-refractivity contribution is 0.0543. The van der Waals surface area contributed by atoms with Crippen LogP contribution in [-0.2, 0) is 4.74 Å². The maximum absolute atomic E-state index is 5.44. The number of fused-ring (bicyclic) bond motifs is 1. The maximum Gasteiger partial charge on any atom is 0.0469 e. The van der Waals surface area contributed by atoms with Crippen molar-refractivity contribution in [3.8, 4) is 0 Å². The third-order valence-corrected chi connectivity index (χ3v) is 5.30. The Morgan fingerprint density at radius 3 is 2.78 bits per heavy atom. The van der Waals surface area contributed by atoms with E-state index in [4.69, 9.17) is 4.74 Å². The summed E-state index contributed by atoms with van der Waals surface area (Å²) in [6, 6.07) is 0.766. The third kappa shape index (κ3) is 2.89. The second-order valence-corrected chi connectivity index (χ2v) is 6.65. The smallest absolute Gasteiger partial charge is 0.0469 e. The highest BCUT2D eigenvalue weighted by atomic mass is 16.5. The lowest BCUT2D eigenvalue weighted by Crippen LogP contribution is -2.41. The minimum atomic E-state index is 0.766. The van der Waals surface area contributed by atoms with Gasteiger partial charge in [0.05, 0.1) is 0 Å². The Morgan fingerprint density at radius 2 is 1.94 bits per heavy atom. The molecule has 3 heteroatoms. The molecule has 0 aromatic heterocycles. The van der Waals surface area contributed by atoms with Gasteiger partial charge < -0.3 is 15.0 Å². The van der Waals surface area contributed by atoms with Gasteiger partial charge in [-0.15, -0.1) is 0 Å². The van der Waals surface area contributed by atoms with Crippen LogP contribution in [0.25, 0.3) is 0 Å². The van der Waals surface area contributed by atoms with Crippen molar-refractivity contribution in [2.45, 2.75) is 38.1 Å². The molecular weight excluding hydrogens is 224 g/mol. The van der Waals surface area contributed by atoms with Crippen molar-refractivity contribution in [2.75, 3.05) is 39.9 Å². The Balaban J connectivity index is 1.44. The van der Waals surface area contributed by atoms with E-state index in [1.165, 1.54) is 51.7 Å². The first kappa shape index (κ1) is 12.9. The lowest BCUT2D eigenvalue weighted by Gasteiger charge is -2.30. The summed E-state index contributed by atoms with van der Waals surface area (Å²) < 4.78 is 5.44. The molecule has 18 heavy (non-hydrogen) atoms. The fourth-order valence-corrected chi connectivity index (χ4v) is 4.28. The number of ether oxygens (including phenoxy) is 1. The zero-order valence-corrected chi connectivity index (χ0v) is 11.7. The monoisotopic (exact) mass is 252 g/mol. The second kappa shape index (κ2) is 5.89. The molecule has 2 heterocycles. The quantitative estimate of drug-likeness (QED) is 0.825. The van der Waals surface area contributed by atoms with Crippen LogP contribution in [0, 0.1) is 17.8 Å². The van der Waals surface area contributed by atoms with Crippen molar-refractivity contribution >= 4 is 0 Å². The molecule has 0 amide bonds. The van der Waals surface area contributed by atoms with Crippen LogP contribution in [0.4, 0.5) is 0 Å². The molecule has 3 aliphatic rings. The van der Waals surface area contributed by atoms with Gasteiger partial charge in [0.15, 0.2) is 0 Å². The summed E-state index contributed by atoms with van der Waals surface area (Å²) in [5.74, 6) is 2.83. The number of hydrogen-bond acceptors (Lipinski definition) is 3. The van der Waals surface area contributed by atoms with Crippen LogP contribution in [0.5, 0.6) is 0 Å². The molecule has 3 fully saturated rings. The molecule has 104 valence electrons. The fourth-order valence-electron chi connectivity index (χ4n) is 4.28. The first-order valence-electron chi connectivity index (χ1n) is 7.82. The molecule has 0 bridgehead atoms. The number of rotatable bonds is 4. The largest absolute Gasteiger partial charge is 0.381 e. The molecule has 3 nitrogen and oxygen atoms in total. The molecule has 3 rings (SSSR count). The summed E-state index contributed by atoms with van der Waals surface area (Å²) >= 11 is 0. The van der Waals surface area contributed by atoms with Gasteiger partial charge >= 0.3 is 0 Å². The van der Waals surface area contributed by atoms with Crippen LogP contribution in [0.1, 0.15) is 32.1 Å². The van der Waals surface area contributed by atoms with Crippen LogP contribution in [0.2, 0.25) is 0 Å². The van der Waals surface area contributed by atoms with Crippen LogP contribution in [0.3, 0.4) is 0 Å². The average Bonchev–Trinajstić information content (AvgIpc) is 2.95. The number of nitrogens with zero attached hydrogens (tertiary/aromatic N) is 1. The van der Waals surface area contributed by atoms with Gasteiger partial charge in [0.25, 0.3) is 0 Å². The van der Waals surface area contributed by atoms with E-state index in [0.29, 0.717) is 0 Å². The molecular formula is C15H28N2O. The van der Waals surface area contributed by atoms with E-state index < -0.39 is 0 Å². The Bertz CT molecular complexity index is 265. The number of likely N-dealkylation sites (N-methyl/N-ethyl adjacent to an activating group) is 1. The van der Waals surface area contributed by atoms with Gasteiger partial charge in [-0.25, -0.2) is 0 Å². The van der Waals surface area contributed by atoms with Gasteiger partial charge in [0, 0.05) is 32.3 Å². The Hall–Kier alpha value is -0.120. The number of hydrogen-bond donors (Lipinski definition) is 1. The van der Waals surface area contributed by atoms with Crippen LogP contribution < -0.4 is 5.32 Å². The summed E-state index contributed by atoms with van der Waals surface area (Å²) in [6.45, 7) is 5.74. The van der Waals surface area contributed by atoms with Gasteiger partial charge in [-0.2, -0.15) is 0 Å². The van der Waals surface area contributed by atoms with Crippen molar-refractivity contribution < 1.29 is 4.74 Å². The van der Waals surface area contributed by atoms with E-state index in [9.17, 15) is 0 Å². The topological polar surface area (TPSA) is 24.5 Å². The highest BCUT2D eigenvalue weighted by molar-refractivity contribution is 4.95. The molecule has 0 aromatic rings. The molecule has 0 aromatic carbocycles. The van der Waals surface area contributed by atoms with Crippen molar-refractivity contribution in [2.24, 2.45) is 17.8 Å². The molecule has 2 aliphatic heterocycles. The summed E-state index contributed by atoms with van der Waals surface area (Å²) in [7, 11) is 2.30. The van der Waals surface area contributed by atoms with E-state index in [0.717, 1.165) is 37.0 Å². The summed E-state index contributed by atoms with van der Waals surface area (Å²) in [5.41, 5.74) is 0. The standard InChI is InChI=1S/C15H28N2O/c1-17(10-12-5-7-18-8-6-12)11-15-14-4-2-3-13(14)9-16-15/h12-16H,2-11H2,1H3. The van der Waals surface area contributed by atoms with E-state index in [-0.39, 0.29) is 0 Å². The summed E-state index contributed by atoms with van der Waals surface area (Å²) in [4.78, 5) is 2.56. The first-order chi connectivity index (χ1) is 8.83. The minimum absolute atomic E-state index is 0.766. The van der Waals surface area contributed by atoms with Gasteiger partial charge in [0.1, 0.15) is 0 Å². The summed E-state index contributed by atoms with van der Waals surface area (Å²) in [6.07, 6.45) is 6.92. The van der Waals surface area contributed by atoms with Crippen molar-refractivity contribution in [1.29, 1.82) is 0 Å². The molecule has 2 saturated heterocycles. The number of nitrogens with one attached hydrogen (secondary N) is 1. The van der Waals surface area contributed by atoms with E-state index in [1.807, 2.05) is 0 Å². The van der Waals surface area contributed by atoms with Crippen molar-refractivity contribution in [3.63, 3.8) is 0 Å². The van der Waals surface area contributed by atoms with Gasteiger partial charge in [-0.1, -0.05) is 6.42 Å². The first-order valence-corrected chi connectivity index (χ1v) is 7.82. The Morgan fingerprint density at radius 1 is 1.11 bits per heavy atom. The average molecular weight is 252 g/mol. The van der Waals surface area contributed by atoms with E-state index >= 15 is 0 Å². The highest BCUT2D eigenvalue weighted by Crippen LogP contribution is 2.37. The molecule has 0 radical (unpaired) electrons. The SMILES string of the molecule is CN(CC1CCOCC1)CC1NCC2CCCC21. The van der Waals surface area contributed by atoms with Crippen LogP contribution in [0.15, 0.2) is 0 Å². The molecule has 1 aliphatic carbocycles. The van der Waals surface area contributed by atoms with E-state index in [1.54, 1.807) is 0 Å². The molecule has 3 unspecified atom stereocenters. The van der Waals surface area contributed by atoms with Gasteiger partial charge in [0.2, 0.25) is 0 Å². The zero-order chi connectivity index (χ0) is 12.4. The molecule has 3 atom stereocenters. The maximum atomic E-state index is 5.44. The molecule has 0 spiro atoms. The van der Waals surface area contributed by atoms with Crippen molar-refractivity contribution in [1.82, 2.24) is 10.2 Å². The van der Waals surface area contributed by atoms with Gasteiger partial charge in [-0.3, -0.25) is 0 Å². The van der Waals surface area contributed by atoms with Gasteiger partial charge in [-0.05, 0) is 57.0 Å². The fraction of sp³-hybridized carbons (Fsp3) is 1.00. The van der Waals surface area contributed by atoms with Crippen molar-refractivity contribution in [3.05, 3.63) is 0 Å². The lowest BCUT2D eigenvalue weighted by atomic mass is 9.93. The second-order valence-electron chi connectivity index (χ2n) is 6.65. The highest BCUT2D eigenvalue weighted by Gasteiger charge is 2.39. The van der Waals surface area contributed by atoms with E-state index in [2.05, 4.69) is 17.3 Å². The Kier molecular flexibility index (Phi) is 4.22. The normalized spacial score (nSPS) is 37.3. The predicted octanol–water partition coefficient (Wildman–Crippen LogP) is 1.73. The molecule has 1 N–H and O–H groups in total. The predicted molar refractivity (Wildman–Crippen MR) is 73.7 cm³/mol. The van der Waals surface area contributed by atoms with Crippen LogP contribution >= 0.6 is 0 Å². The summed E-state index contributed by atoms with van der Waals surface area (Å²) in [5, 5.41) is 3.76. The zero-order valence-electron chi connectivity index (χ0n) is 11.7. The molecule has 1 saturated carbocycles. The van der Waals surface area contributed by atoms with Crippen LogP contribution in [-0.4, -0.2) is 50.8 Å². The third-order valence-electron chi connectivity index (χ3n) is 5.30. The Labute approximate surface area is 111 Å².